The summed E-state index contributed by atoms with van der Waals surface area (Å²) in [6.07, 6.45) is 0. The summed E-state index contributed by atoms with van der Waals surface area (Å²) in [5.41, 5.74) is 0.352. The third-order valence-electron chi connectivity index (χ3n) is 4.42. The maximum absolute atomic E-state index is 12.9. The highest BCUT2D eigenvalue weighted by atomic mass is 32.2. The van der Waals surface area contributed by atoms with E-state index >= 15 is 0 Å². The number of sulfonamides is 1. The quantitative estimate of drug-likeness (QED) is 0.566. The van der Waals surface area contributed by atoms with Crippen molar-refractivity contribution in [2.75, 3.05) is 50.7 Å². The van der Waals surface area contributed by atoms with Gasteiger partial charge in [0.05, 0.1) is 19.9 Å². The van der Waals surface area contributed by atoms with Crippen LogP contribution in [0.15, 0.2) is 34.5 Å². The average molecular weight is 487 g/mol. The van der Waals surface area contributed by atoms with Gasteiger partial charge in [0.15, 0.2) is 6.61 Å². The maximum Gasteiger partial charge on any atom is 0.350 e. The van der Waals surface area contributed by atoms with Gasteiger partial charge in [0.2, 0.25) is 10.0 Å². The number of methoxy groups -OCH3 is 2. The Labute approximate surface area is 188 Å². The molecule has 1 aromatic carbocycles. The zero-order valence-electron chi connectivity index (χ0n) is 17.0. The Bertz CT molecular complexity index is 1050. The minimum atomic E-state index is -3.80. The topological polar surface area (TPSA) is 111 Å². The molecule has 1 aromatic heterocycles. The molecule has 1 amide bonds. The van der Waals surface area contributed by atoms with Crippen LogP contribution in [0.2, 0.25) is 0 Å². The fourth-order valence-electron chi connectivity index (χ4n) is 2.87. The minimum Gasteiger partial charge on any atom is -0.497 e. The second-order valence-electron chi connectivity index (χ2n) is 6.32. The van der Waals surface area contributed by atoms with Crippen LogP contribution >= 0.6 is 23.1 Å². The molecular weight excluding hydrogens is 464 g/mol. The van der Waals surface area contributed by atoms with Crippen molar-refractivity contribution in [1.82, 2.24) is 4.31 Å². The predicted octanol–water partition coefficient (Wildman–Crippen LogP) is 2.30. The first-order chi connectivity index (χ1) is 14.9. The molecule has 12 heteroatoms. The second-order valence-corrected chi connectivity index (χ2v) is 10.4. The lowest BCUT2D eigenvalue weighted by Crippen LogP contribution is -2.38. The smallest absolute Gasteiger partial charge is 0.350 e. The van der Waals surface area contributed by atoms with Crippen LogP contribution in [0.4, 0.5) is 5.69 Å². The molecule has 31 heavy (non-hydrogen) atoms. The van der Waals surface area contributed by atoms with Gasteiger partial charge in [-0.15, -0.1) is 11.3 Å². The molecule has 0 bridgehead atoms. The van der Waals surface area contributed by atoms with Crippen LogP contribution in [0, 0.1) is 0 Å². The molecule has 2 heterocycles. The molecule has 3 rings (SSSR count). The van der Waals surface area contributed by atoms with Crippen molar-refractivity contribution in [3.8, 4) is 11.5 Å². The summed E-state index contributed by atoms with van der Waals surface area (Å²) in [4.78, 5) is 24.6. The van der Waals surface area contributed by atoms with Gasteiger partial charge in [0, 0.05) is 30.7 Å². The Morgan fingerprint density at radius 2 is 1.87 bits per heavy atom. The van der Waals surface area contributed by atoms with E-state index in [0.717, 1.165) is 11.3 Å². The van der Waals surface area contributed by atoms with Crippen molar-refractivity contribution in [2.24, 2.45) is 0 Å². The number of thioether (sulfide) groups is 1. The lowest BCUT2D eigenvalue weighted by atomic mass is 10.2. The summed E-state index contributed by atoms with van der Waals surface area (Å²) in [7, 11) is -0.853. The van der Waals surface area contributed by atoms with Crippen LogP contribution in [0.5, 0.6) is 11.5 Å². The van der Waals surface area contributed by atoms with Crippen molar-refractivity contribution in [2.45, 2.75) is 4.90 Å². The summed E-state index contributed by atoms with van der Waals surface area (Å²) in [5, 5.41) is 4.10. The molecular formula is C19H22N2O7S3. The molecule has 1 aliphatic heterocycles. The number of nitrogens with one attached hydrogen (secondary N) is 1. The van der Waals surface area contributed by atoms with E-state index in [1.807, 2.05) is 0 Å². The molecule has 1 N–H and O–H groups in total. The van der Waals surface area contributed by atoms with Crippen LogP contribution in [0.1, 0.15) is 9.67 Å². The van der Waals surface area contributed by atoms with Crippen LogP contribution in [-0.4, -0.2) is 70.0 Å². The van der Waals surface area contributed by atoms with E-state index in [9.17, 15) is 18.0 Å². The van der Waals surface area contributed by atoms with Crippen LogP contribution < -0.4 is 14.8 Å². The predicted molar refractivity (Wildman–Crippen MR) is 119 cm³/mol. The molecule has 0 atom stereocenters. The summed E-state index contributed by atoms with van der Waals surface area (Å²) in [6, 6.07) is 6.26. The second kappa shape index (κ2) is 10.4. The first kappa shape index (κ1) is 23.4. The molecule has 1 aliphatic rings. The van der Waals surface area contributed by atoms with Gasteiger partial charge in [-0.1, -0.05) is 0 Å². The normalized spacial score (nSPS) is 14.6. The highest BCUT2D eigenvalue weighted by Crippen LogP contribution is 2.29. The van der Waals surface area contributed by atoms with E-state index < -0.39 is 28.5 Å². The van der Waals surface area contributed by atoms with E-state index in [2.05, 4.69) is 5.32 Å². The Kier molecular flexibility index (Phi) is 7.81. The number of hydrogen-bond acceptors (Lipinski definition) is 9. The molecule has 0 radical (unpaired) electrons. The van der Waals surface area contributed by atoms with E-state index in [-0.39, 0.29) is 9.77 Å². The highest BCUT2D eigenvalue weighted by molar-refractivity contribution is 7.99. The van der Waals surface area contributed by atoms with Gasteiger partial charge in [0.1, 0.15) is 21.3 Å². The van der Waals surface area contributed by atoms with Gasteiger partial charge in [-0.25, -0.2) is 13.2 Å². The largest absolute Gasteiger partial charge is 0.497 e. The van der Waals surface area contributed by atoms with E-state index in [4.69, 9.17) is 14.2 Å². The van der Waals surface area contributed by atoms with Crippen molar-refractivity contribution < 1.29 is 32.2 Å². The number of anilines is 1. The lowest BCUT2D eigenvalue weighted by Gasteiger charge is -2.25. The van der Waals surface area contributed by atoms with Crippen LogP contribution in [-0.2, 0) is 19.6 Å². The minimum absolute atomic E-state index is 0.0509. The summed E-state index contributed by atoms with van der Waals surface area (Å²) >= 11 is 2.64. The van der Waals surface area contributed by atoms with Gasteiger partial charge in [-0.3, -0.25) is 4.79 Å². The fraction of sp³-hybridized carbons (Fsp3) is 0.368. The number of nitrogens with zero attached hydrogens (tertiary/aromatic N) is 1. The number of carbonyl (C=O) groups is 2. The number of hydrogen-bond donors (Lipinski definition) is 1. The third-order valence-corrected chi connectivity index (χ3v) is 8.32. The molecule has 168 valence electrons. The molecule has 0 aliphatic carbocycles. The Morgan fingerprint density at radius 3 is 2.55 bits per heavy atom. The standard InChI is InChI=1S/C19H22N2O7S3/c1-26-13-3-4-15(27-2)14(11-13)20-17(22)12-28-19(23)18-16(5-8-30-18)31(24,25)21-6-9-29-10-7-21/h3-5,8,11H,6-7,9-10,12H2,1-2H3,(H,20,22). The van der Waals surface area contributed by atoms with Crippen molar-refractivity contribution in [3.05, 3.63) is 34.5 Å². The lowest BCUT2D eigenvalue weighted by molar-refractivity contribution is -0.119. The molecule has 1 fully saturated rings. The van der Waals surface area contributed by atoms with E-state index in [1.165, 1.54) is 30.0 Å². The maximum atomic E-state index is 12.9. The number of ether oxygens (including phenoxy) is 3. The van der Waals surface area contributed by atoms with Crippen LogP contribution in [0.3, 0.4) is 0 Å². The zero-order chi connectivity index (χ0) is 22.4. The third kappa shape index (κ3) is 5.50. The monoisotopic (exact) mass is 486 g/mol. The molecule has 9 nitrogen and oxygen atoms in total. The summed E-state index contributed by atoms with van der Waals surface area (Å²) in [6.45, 7) is 0.196. The zero-order valence-corrected chi connectivity index (χ0v) is 19.4. The van der Waals surface area contributed by atoms with E-state index in [0.29, 0.717) is 41.8 Å². The van der Waals surface area contributed by atoms with Crippen molar-refractivity contribution >= 4 is 50.7 Å². The number of carbonyl (C=O) groups excluding carboxylic acids is 2. The number of thiophene rings is 1. The van der Waals surface area contributed by atoms with Crippen molar-refractivity contribution in [1.29, 1.82) is 0 Å². The average Bonchev–Trinajstić information content (AvgIpc) is 3.29. The first-order valence-electron chi connectivity index (χ1n) is 9.21. The van der Waals surface area contributed by atoms with Gasteiger partial charge >= 0.3 is 5.97 Å². The number of rotatable bonds is 8. The molecule has 0 unspecified atom stereocenters. The van der Waals surface area contributed by atoms with Crippen molar-refractivity contribution in [3.63, 3.8) is 0 Å². The Morgan fingerprint density at radius 1 is 1.13 bits per heavy atom. The SMILES string of the molecule is COc1ccc(OC)c(NC(=O)COC(=O)c2sccc2S(=O)(=O)N2CCSCC2)c1. The number of benzene rings is 1. The van der Waals surface area contributed by atoms with E-state index in [1.54, 1.807) is 30.0 Å². The van der Waals surface area contributed by atoms with Gasteiger partial charge < -0.3 is 19.5 Å². The number of amides is 1. The van der Waals surface area contributed by atoms with Gasteiger partial charge in [-0.05, 0) is 23.6 Å². The highest BCUT2D eigenvalue weighted by Gasteiger charge is 2.31. The first-order valence-corrected chi connectivity index (χ1v) is 12.7. The Balaban J connectivity index is 1.66. The summed E-state index contributed by atoms with van der Waals surface area (Å²) < 4.78 is 42.5. The fourth-order valence-corrected chi connectivity index (χ4v) is 6.73. The van der Waals surface area contributed by atoms with Gasteiger partial charge in [0.25, 0.3) is 5.91 Å². The molecule has 0 spiro atoms. The summed E-state index contributed by atoms with van der Waals surface area (Å²) in [5.74, 6) is 0.861. The number of esters is 1. The molecule has 0 saturated carbocycles. The van der Waals surface area contributed by atoms with Crippen LogP contribution in [0.25, 0.3) is 0 Å². The van der Waals surface area contributed by atoms with Gasteiger partial charge in [-0.2, -0.15) is 16.1 Å². The molecule has 2 aromatic rings. The Hall–Kier alpha value is -2.28. The molecule has 1 saturated heterocycles.